The van der Waals surface area contributed by atoms with E-state index in [9.17, 15) is 18.0 Å². The molecule has 1 heterocycles. The Balaban J connectivity index is 2.90. The van der Waals surface area contributed by atoms with Gasteiger partial charge in [0.15, 0.2) is 9.84 Å². The van der Waals surface area contributed by atoms with Gasteiger partial charge in [0.25, 0.3) is 5.91 Å². The van der Waals surface area contributed by atoms with Gasteiger partial charge in [0.2, 0.25) is 0 Å². The molecule has 1 aromatic heterocycles. The third-order valence-electron chi connectivity index (χ3n) is 2.99. The Morgan fingerprint density at radius 1 is 1.45 bits per heavy atom. The van der Waals surface area contributed by atoms with Crippen molar-refractivity contribution >= 4 is 33.1 Å². The van der Waals surface area contributed by atoms with E-state index in [2.05, 4.69) is 5.32 Å². The van der Waals surface area contributed by atoms with Gasteiger partial charge in [-0.1, -0.05) is 20.3 Å². The summed E-state index contributed by atoms with van der Waals surface area (Å²) < 4.78 is 22.7. The zero-order chi connectivity index (χ0) is 15.5. The molecule has 0 spiro atoms. The standard InChI is InChI=1S/C12H17NO5S2/c1-4-7(2)10(12(15)16)13-11(14)9-5-8(6-19-9)20(3,17)18/h5-7,10H,4H2,1-3H3,(H,13,14)(H,15,16). The number of nitrogens with one attached hydrogen (secondary N) is 1. The Kier molecular flexibility index (Phi) is 5.29. The lowest BCUT2D eigenvalue weighted by atomic mass is 9.99. The number of carboxylic acid groups (broad SMARTS) is 1. The first-order valence-corrected chi connectivity index (χ1v) is 8.76. The summed E-state index contributed by atoms with van der Waals surface area (Å²) in [5.41, 5.74) is 0. The largest absolute Gasteiger partial charge is 0.480 e. The van der Waals surface area contributed by atoms with Gasteiger partial charge in [0, 0.05) is 11.6 Å². The van der Waals surface area contributed by atoms with Crippen LogP contribution in [0, 0.1) is 5.92 Å². The second kappa shape index (κ2) is 6.36. The molecule has 0 saturated carbocycles. The SMILES string of the molecule is CCC(C)C(NC(=O)c1cc(S(C)(=O)=O)cs1)C(=O)O. The van der Waals surface area contributed by atoms with E-state index in [4.69, 9.17) is 5.11 Å². The molecule has 2 N–H and O–H groups in total. The summed E-state index contributed by atoms with van der Waals surface area (Å²) >= 11 is 0.973. The molecule has 0 bridgehead atoms. The van der Waals surface area contributed by atoms with Gasteiger partial charge in [-0.15, -0.1) is 11.3 Å². The zero-order valence-electron chi connectivity index (χ0n) is 11.4. The molecule has 0 saturated heterocycles. The van der Waals surface area contributed by atoms with Crippen molar-refractivity contribution in [1.82, 2.24) is 5.32 Å². The molecule has 8 heteroatoms. The number of amides is 1. The maximum absolute atomic E-state index is 12.0. The number of carboxylic acids is 1. The average molecular weight is 319 g/mol. The fourth-order valence-electron chi connectivity index (χ4n) is 1.53. The van der Waals surface area contributed by atoms with Crippen LogP contribution in [0.25, 0.3) is 0 Å². The van der Waals surface area contributed by atoms with Crippen molar-refractivity contribution in [3.63, 3.8) is 0 Å². The number of rotatable bonds is 6. The lowest BCUT2D eigenvalue weighted by molar-refractivity contribution is -0.140. The third-order valence-corrected chi connectivity index (χ3v) is 5.16. The summed E-state index contributed by atoms with van der Waals surface area (Å²) in [6.07, 6.45) is 1.66. The molecular weight excluding hydrogens is 302 g/mol. The first kappa shape index (κ1) is 16.6. The van der Waals surface area contributed by atoms with Crippen molar-refractivity contribution in [2.75, 3.05) is 6.26 Å². The fourth-order valence-corrected chi connectivity index (χ4v) is 3.45. The van der Waals surface area contributed by atoms with Crippen molar-refractivity contribution in [1.29, 1.82) is 0 Å². The number of sulfone groups is 1. The van der Waals surface area contributed by atoms with E-state index in [0.717, 1.165) is 17.6 Å². The molecule has 0 aromatic carbocycles. The highest BCUT2D eigenvalue weighted by molar-refractivity contribution is 7.90. The molecule has 20 heavy (non-hydrogen) atoms. The molecule has 0 radical (unpaired) electrons. The maximum Gasteiger partial charge on any atom is 0.326 e. The second-order valence-electron chi connectivity index (χ2n) is 4.59. The van der Waals surface area contributed by atoms with E-state index < -0.39 is 27.8 Å². The van der Waals surface area contributed by atoms with E-state index in [1.54, 1.807) is 6.92 Å². The monoisotopic (exact) mass is 319 g/mol. The van der Waals surface area contributed by atoms with Gasteiger partial charge in [0.1, 0.15) is 6.04 Å². The third kappa shape index (κ3) is 4.04. The molecule has 1 rings (SSSR count). The Morgan fingerprint density at radius 2 is 2.05 bits per heavy atom. The Bertz CT molecular complexity index is 605. The fraction of sp³-hybridized carbons (Fsp3) is 0.500. The highest BCUT2D eigenvalue weighted by atomic mass is 32.2. The minimum Gasteiger partial charge on any atom is -0.480 e. The van der Waals surface area contributed by atoms with Crippen LogP contribution in [0.15, 0.2) is 16.3 Å². The summed E-state index contributed by atoms with van der Waals surface area (Å²) in [5, 5.41) is 12.9. The van der Waals surface area contributed by atoms with Crippen molar-refractivity contribution < 1.29 is 23.1 Å². The van der Waals surface area contributed by atoms with Crippen LogP contribution in [0.3, 0.4) is 0 Å². The predicted molar refractivity (Wildman–Crippen MR) is 75.8 cm³/mol. The van der Waals surface area contributed by atoms with Crippen LogP contribution in [0.5, 0.6) is 0 Å². The normalized spacial score (nSPS) is 14.6. The summed E-state index contributed by atoms with van der Waals surface area (Å²) in [6.45, 7) is 3.56. The number of carbonyl (C=O) groups excluding carboxylic acids is 1. The average Bonchev–Trinajstić information content (AvgIpc) is 2.83. The van der Waals surface area contributed by atoms with Crippen LogP contribution in [-0.4, -0.2) is 37.7 Å². The minimum atomic E-state index is -3.37. The van der Waals surface area contributed by atoms with Crippen LogP contribution in [0.4, 0.5) is 0 Å². The van der Waals surface area contributed by atoms with E-state index >= 15 is 0 Å². The Labute approximate surface area is 121 Å². The van der Waals surface area contributed by atoms with E-state index in [1.807, 2.05) is 6.92 Å². The van der Waals surface area contributed by atoms with Crippen LogP contribution >= 0.6 is 11.3 Å². The smallest absolute Gasteiger partial charge is 0.326 e. The van der Waals surface area contributed by atoms with E-state index in [0.29, 0.717) is 6.42 Å². The van der Waals surface area contributed by atoms with Gasteiger partial charge >= 0.3 is 5.97 Å². The van der Waals surface area contributed by atoms with Crippen molar-refractivity contribution in [3.05, 3.63) is 16.3 Å². The van der Waals surface area contributed by atoms with Gasteiger partial charge < -0.3 is 10.4 Å². The number of carbonyl (C=O) groups is 2. The van der Waals surface area contributed by atoms with Gasteiger partial charge in [-0.3, -0.25) is 4.79 Å². The zero-order valence-corrected chi connectivity index (χ0v) is 13.0. The molecule has 6 nitrogen and oxygen atoms in total. The maximum atomic E-state index is 12.0. The molecule has 2 unspecified atom stereocenters. The first-order valence-electron chi connectivity index (χ1n) is 5.99. The van der Waals surface area contributed by atoms with Gasteiger partial charge in [-0.05, 0) is 12.0 Å². The number of hydrogen-bond acceptors (Lipinski definition) is 5. The molecule has 0 aliphatic rings. The number of thiophene rings is 1. The molecule has 0 aliphatic heterocycles. The summed E-state index contributed by atoms with van der Waals surface area (Å²) in [4.78, 5) is 23.3. The van der Waals surface area contributed by atoms with Crippen LogP contribution in [-0.2, 0) is 14.6 Å². The van der Waals surface area contributed by atoms with Crippen molar-refractivity contribution in [3.8, 4) is 0 Å². The molecule has 112 valence electrons. The van der Waals surface area contributed by atoms with E-state index in [-0.39, 0.29) is 15.7 Å². The molecule has 0 aliphatic carbocycles. The van der Waals surface area contributed by atoms with Gasteiger partial charge in [-0.25, -0.2) is 13.2 Å². The number of hydrogen-bond donors (Lipinski definition) is 2. The quantitative estimate of drug-likeness (QED) is 0.825. The van der Waals surface area contributed by atoms with Crippen molar-refractivity contribution in [2.45, 2.75) is 31.2 Å². The highest BCUT2D eigenvalue weighted by Gasteiger charge is 2.26. The van der Waals surface area contributed by atoms with Crippen LogP contribution in [0.2, 0.25) is 0 Å². The summed E-state index contributed by atoms with van der Waals surface area (Å²) in [7, 11) is -3.37. The molecular formula is C12H17NO5S2. The van der Waals surface area contributed by atoms with Crippen molar-refractivity contribution in [2.24, 2.45) is 5.92 Å². The summed E-state index contributed by atoms with van der Waals surface area (Å²) in [5.74, 6) is -1.89. The molecule has 2 atom stereocenters. The molecule has 1 amide bonds. The molecule has 0 fully saturated rings. The minimum absolute atomic E-state index is 0.0584. The first-order chi connectivity index (χ1) is 9.16. The highest BCUT2D eigenvalue weighted by Crippen LogP contribution is 2.19. The lowest BCUT2D eigenvalue weighted by Crippen LogP contribution is -2.44. The topological polar surface area (TPSA) is 101 Å². The lowest BCUT2D eigenvalue weighted by Gasteiger charge is -2.19. The van der Waals surface area contributed by atoms with Gasteiger partial charge in [0.05, 0.1) is 9.77 Å². The predicted octanol–water partition coefficient (Wildman–Crippen LogP) is 1.38. The molecule has 1 aromatic rings. The van der Waals surface area contributed by atoms with E-state index in [1.165, 1.54) is 11.4 Å². The number of aliphatic carboxylic acids is 1. The second-order valence-corrected chi connectivity index (χ2v) is 7.52. The van der Waals surface area contributed by atoms with Gasteiger partial charge in [-0.2, -0.15) is 0 Å². The Hall–Kier alpha value is -1.41. The Morgan fingerprint density at radius 3 is 2.45 bits per heavy atom. The summed E-state index contributed by atoms with van der Waals surface area (Å²) in [6, 6.07) is 0.265. The van der Waals surface area contributed by atoms with Crippen LogP contribution in [0.1, 0.15) is 29.9 Å². The van der Waals surface area contributed by atoms with Crippen LogP contribution < -0.4 is 5.32 Å².